The van der Waals surface area contributed by atoms with E-state index in [1.165, 1.54) is 0 Å². The van der Waals surface area contributed by atoms with Crippen LogP contribution in [0.3, 0.4) is 0 Å². The van der Waals surface area contributed by atoms with E-state index in [-0.39, 0.29) is 0 Å². The summed E-state index contributed by atoms with van der Waals surface area (Å²) in [7, 11) is 0. The number of benzene rings is 1. The van der Waals surface area contributed by atoms with E-state index in [4.69, 9.17) is 0 Å². The third kappa shape index (κ3) is 4.47. The van der Waals surface area contributed by atoms with E-state index in [1.807, 2.05) is 58.0 Å². The summed E-state index contributed by atoms with van der Waals surface area (Å²) in [5, 5.41) is 0. The van der Waals surface area contributed by atoms with E-state index < -0.39 is 0 Å². The lowest BCUT2D eigenvalue weighted by Crippen LogP contribution is -1.94. The molecule has 0 unspecified atom stereocenters. The maximum absolute atomic E-state index is 4.30. The Hall–Kier alpha value is -2.22. The number of hydrogen-bond donors (Lipinski definition) is 0. The highest BCUT2D eigenvalue weighted by molar-refractivity contribution is 5.75. The minimum Gasteiger partial charge on any atom is -0.236 e. The zero-order valence-electron chi connectivity index (χ0n) is 12.9. The molecular formula is C18H24N2. The highest BCUT2D eigenvalue weighted by atomic mass is 14.8. The predicted octanol–water partition coefficient (Wildman–Crippen LogP) is 5.48. The van der Waals surface area contributed by atoms with Gasteiger partial charge in [-0.2, -0.15) is 0 Å². The Morgan fingerprint density at radius 1 is 0.850 bits per heavy atom. The van der Waals surface area contributed by atoms with Crippen molar-refractivity contribution in [1.82, 2.24) is 9.97 Å². The SMILES string of the molecule is C=Cc1ncnc(-c2ccccc2)c1C=C.CC.CC. The van der Waals surface area contributed by atoms with E-state index in [2.05, 4.69) is 23.1 Å². The van der Waals surface area contributed by atoms with Crippen LogP contribution in [-0.4, -0.2) is 9.97 Å². The summed E-state index contributed by atoms with van der Waals surface area (Å²) < 4.78 is 0. The van der Waals surface area contributed by atoms with Crippen molar-refractivity contribution in [3.05, 3.63) is 61.1 Å². The van der Waals surface area contributed by atoms with Crippen molar-refractivity contribution < 1.29 is 0 Å². The van der Waals surface area contributed by atoms with Gasteiger partial charge in [-0.3, -0.25) is 0 Å². The van der Waals surface area contributed by atoms with Crippen molar-refractivity contribution in [2.24, 2.45) is 0 Å². The Balaban J connectivity index is 0.000000829. The minimum absolute atomic E-state index is 0.809. The van der Waals surface area contributed by atoms with Gasteiger partial charge in [-0.15, -0.1) is 0 Å². The van der Waals surface area contributed by atoms with E-state index in [1.54, 1.807) is 18.5 Å². The summed E-state index contributed by atoms with van der Waals surface area (Å²) in [6, 6.07) is 9.98. The molecule has 0 spiro atoms. The van der Waals surface area contributed by atoms with Crippen LogP contribution in [0.1, 0.15) is 39.0 Å². The maximum Gasteiger partial charge on any atom is 0.116 e. The van der Waals surface area contributed by atoms with Gasteiger partial charge in [0, 0.05) is 11.1 Å². The van der Waals surface area contributed by atoms with Crippen molar-refractivity contribution in [1.29, 1.82) is 0 Å². The molecule has 0 saturated carbocycles. The molecule has 0 fully saturated rings. The molecule has 1 aromatic heterocycles. The summed E-state index contributed by atoms with van der Waals surface area (Å²) in [6.45, 7) is 15.5. The molecule has 1 aromatic carbocycles. The van der Waals surface area contributed by atoms with E-state index in [0.29, 0.717) is 0 Å². The van der Waals surface area contributed by atoms with Gasteiger partial charge in [0.1, 0.15) is 6.33 Å². The van der Waals surface area contributed by atoms with E-state index in [0.717, 1.165) is 22.5 Å². The molecule has 2 aromatic rings. The summed E-state index contributed by atoms with van der Waals surface area (Å²) in [5.74, 6) is 0. The Labute approximate surface area is 122 Å². The number of nitrogens with zero attached hydrogens (tertiary/aromatic N) is 2. The number of hydrogen-bond acceptors (Lipinski definition) is 2. The van der Waals surface area contributed by atoms with Crippen LogP contribution in [0.25, 0.3) is 23.4 Å². The number of aromatic nitrogens is 2. The quantitative estimate of drug-likeness (QED) is 0.736. The molecule has 2 rings (SSSR count). The molecule has 2 nitrogen and oxygen atoms in total. The fourth-order valence-corrected chi connectivity index (χ4v) is 1.60. The third-order valence-corrected chi connectivity index (χ3v) is 2.36. The average Bonchev–Trinajstić information content (AvgIpc) is 2.58. The Morgan fingerprint density at radius 3 is 1.95 bits per heavy atom. The Bertz CT molecular complexity index is 516. The first-order chi connectivity index (χ1) is 9.86. The van der Waals surface area contributed by atoms with Crippen molar-refractivity contribution in [2.45, 2.75) is 27.7 Å². The van der Waals surface area contributed by atoms with Crippen LogP contribution < -0.4 is 0 Å². The Kier molecular flexibility index (Phi) is 9.49. The average molecular weight is 268 g/mol. The van der Waals surface area contributed by atoms with Crippen LogP contribution in [0.15, 0.2) is 49.8 Å². The fraction of sp³-hybridized carbons (Fsp3) is 0.222. The van der Waals surface area contributed by atoms with Gasteiger partial charge in [-0.05, 0) is 6.08 Å². The van der Waals surface area contributed by atoms with Crippen LogP contribution >= 0.6 is 0 Å². The summed E-state index contributed by atoms with van der Waals surface area (Å²) >= 11 is 0. The third-order valence-electron chi connectivity index (χ3n) is 2.36. The largest absolute Gasteiger partial charge is 0.236 e. The molecule has 0 aliphatic carbocycles. The minimum atomic E-state index is 0.809. The van der Waals surface area contributed by atoms with Gasteiger partial charge < -0.3 is 0 Å². The molecule has 0 saturated heterocycles. The van der Waals surface area contributed by atoms with Crippen molar-refractivity contribution >= 4 is 12.2 Å². The van der Waals surface area contributed by atoms with Gasteiger partial charge in [0.15, 0.2) is 0 Å². The summed E-state index contributed by atoms with van der Waals surface area (Å²) in [6.07, 6.45) is 5.02. The van der Waals surface area contributed by atoms with Crippen LogP contribution in [0.4, 0.5) is 0 Å². The number of rotatable bonds is 3. The first-order valence-corrected chi connectivity index (χ1v) is 7.02. The molecule has 0 bridgehead atoms. The van der Waals surface area contributed by atoms with Gasteiger partial charge in [0.25, 0.3) is 0 Å². The highest BCUT2D eigenvalue weighted by Crippen LogP contribution is 2.23. The lowest BCUT2D eigenvalue weighted by atomic mass is 10.0. The topological polar surface area (TPSA) is 25.8 Å². The molecule has 0 aliphatic heterocycles. The van der Waals surface area contributed by atoms with Gasteiger partial charge in [0.05, 0.1) is 11.4 Å². The van der Waals surface area contributed by atoms with E-state index in [9.17, 15) is 0 Å². The molecular weight excluding hydrogens is 244 g/mol. The fourth-order valence-electron chi connectivity index (χ4n) is 1.60. The predicted molar refractivity (Wildman–Crippen MR) is 90.3 cm³/mol. The van der Waals surface area contributed by atoms with Gasteiger partial charge in [-0.1, -0.05) is 77.3 Å². The molecule has 0 N–H and O–H groups in total. The first kappa shape index (κ1) is 17.8. The second-order valence-electron chi connectivity index (χ2n) is 3.30. The van der Waals surface area contributed by atoms with Crippen molar-refractivity contribution in [2.75, 3.05) is 0 Å². The second kappa shape index (κ2) is 10.7. The van der Waals surface area contributed by atoms with Crippen LogP contribution in [0, 0.1) is 0 Å². The monoisotopic (exact) mass is 268 g/mol. The second-order valence-corrected chi connectivity index (χ2v) is 3.30. The van der Waals surface area contributed by atoms with Gasteiger partial charge >= 0.3 is 0 Å². The van der Waals surface area contributed by atoms with Crippen LogP contribution in [0.2, 0.25) is 0 Å². The van der Waals surface area contributed by atoms with Gasteiger partial charge in [-0.25, -0.2) is 9.97 Å². The van der Waals surface area contributed by atoms with Crippen molar-refractivity contribution in [3.8, 4) is 11.3 Å². The molecule has 0 atom stereocenters. The molecule has 2 heteroatoms. The van der Waals surface area contributed by atoms with Crippen LogP contribution in [-0.2, 0) is 0 Å². The highest BCUT2D eigenvalue weighted by Gasteiger charge is 2.07. The zero-order valence-corrected chi connectivity index (χ0v) is 12.9. The van der Waals surface area contributed by atoms with E-state index >= 15 is 0 Å². The smallest absolute Gasteiger partial charge is 0.116 e. The molecule has 20 heavy (non-hydrogen) atoms. The van der Waals surface area contributed by atoms with Gasteiger partial charge in [0.2, 0.25) is 0 Å². The van der Waals surface area contributed by atoms with Crippen LogP contribution in [0.5, 0.6) is 0 Å². The summed E-state index contributed by atoms with van der Waals surface area (Å²) in [5.41, 5.74) is 3.68. The lowest BCUT2D eigenvalue weighted by molar-refractivity contribution is 1.15. The molecule has 0 radical (unpaired) electrons. The normalized spacial score (nSPS) is 8.40. The van der Waals surface area contributed by atoms with Crippen molar-refractivity contribution in [3.63, 3.8) is 0 Å². The summed E-state index contributed by atoms with van der Waals surface area (Å²) in [4.78, 5) is 8.45. The zero-order chi connectivity index (χ0) is 15.4. The lowest BCUT2D eigenvalue weighted by Gasteiger charge is -2.06. The molecule has 0 aliphatic rings. The standard InChI is InChI=1S/C14H12N2.2C2H6/c1-3-12-13(4-2)15-10-16-14(12)11-8-6-5-7-9-11;2*1-2/h3-10H,1-2H2;2*1-2H3. The first-order valence-electron chi connectivity index (χ1n) is 7.02. The Morgan fingerprint density at radius 2 is 1.45 bits per heavy atom. The molecule has 1 heterocycles. The molecule has 0 amide bonds. The maximum atomic E-state index is 4.30. The molecule has 106 valence electrons.